The summed E-state index contributed by atoms with van der Waals surface area (Å²) in [6.07, 6.45) is 0.959. The maximum Gasteiger partial charge on any atom is 0.265 e. The van der Waals surface area contributed by atoms with Crippen molar-refractivity contribution in [2.24, 2.45) is 0 Å². The van der Waals surface area contributed by atoms with Crippen molar-refractivity contribution in [1.82, 2.24) is 4.90 Å². The summed E-state index contributed by atoms with van der Waals surface area (Å²) in [5, 5.41) is 3.28. The molecule has 1 amide bonds. The van der Waals surface area contributed by atoms with Crippen LogP contribution >= 0.6 is 12.2 Å². The average molecular weight is 435 g/mol. The number of anilines is 1. The van der Waals surface area contributed by atoms with Gasteiger partial charge in [-0.2, -0.15) is 0 Å². The third-order valence-corrected chi connectivity index (χ3v) is 4.98. The van der Waals surface area contributed by atoms with E-state index < -0.39 is 0 Å². The lowest BCUT2D eigenvalue weighted by Gasteiger charge is -2.24. The molecule has 0 spiro atoms. The fourth-order valence-corrected chi connectivity index (χ4v) is 3.28. The van der Waals surface area contributed by atoms with Gasteiger partial charge in [-0.3, -0.25) is 4.79 Å². The molecule has 160 valence electrons. The number of rotatable bonds is 8. The summed E-state index contributed by atoms with van der Waals surface area (Å²) in [4.78, 5) is 14.5. The van der Waals surface area contributed by atoms with Gasteiger partial charge in [0.1, 0.15) is 11.5 Å². The van der Waals surface area contributed by atoms with E-state index in [1.807, 2.05) is 23.1 Å². The highest BCUT2D eigenvalue weighted by atomic mass is 32.1. The van der Waals surface area contributed by atoms with E-state index in [0.717, 1.165) is 18.7 Å². The Hall–Kier alpha value is -3.38. The highest BCUT2D eigenvalue weighted by Crippen LogP contribution is 2.18. The zero-order valence-electron chi connectivity index (χ0n) is 17.7. The summed E-state index contributed by atoms with van der Waals surface area (Å²) >= 11 is 5.53. The van der Waals surface area contributed by atoms with Crippen molar-refractivity contribution in [1.29, 1.82) is 0 Å². The molecular formula is C25H26N2O3S. The van der Waals surface area contributed by atoms with Crippen molar-refractivity contribution in [3.63, 3.8) is 0 Å². The molecule has 0 unspecified atom stereocenters. The molecule has 0 fully saturated rings. The fraction of sp³-hybridized carbons (Fsp3) is 0.200. The molecule has 0 saturated carbocycles. The molecule has 0 saturated heterocycles. The lowest BCUT2D eigenvalue weighted by atomic mass is 10.2. The molecule has 0 aliphatic rings. The summed E-state index contributed by atoms with van der Waals surface area (Å²) in [6, 6.07) is 24.3. The fourth-order valence-electron chi connectivity index (χ4n) is 3.03. The molecule has 0 heterocycles. The van der Waals surface area contributed by atoms with Crippen LogP contribution in [0.15, 0.2) is 78.9 Å². The second-order valence-electron chi connectivity index (χ2n) is 6.98. The Morgan fingerprint density at radius 3 is 2.19 bits per heavy atom. The van der Waals surface area contributed by atoms with Crippen molar-refractivity contribution in [3.05, 3.63) is 90.0 Å². The highest BCUT2D eigenvalue weighted by Gasteiger charge is 2.13. The third-order valence-electron chi connectivity index (χ3n) is 4.64. The molecule has 0 aliphatic heterocycles. The van der Waals surface area contributed by atoms with E-state index in [9.17, 15) is 4.79 Å². The zero-order chi connectivity index (χ0) is 22.1. The van der Waals surface area contributed by atoms with Crippen LogP contribution in [-0.4, -0.2) is 29.6 Å². The van der Waals surface area contributed by atoms with Gasteiger partial charge in [0.15, 0.2) is 0 Å². The normalized spacial score (nSPS) is 10.3. The van der Waals surface area contributed by atoms with Gasteiger partial charge in [-0.25, -0.2) is 0 Å². The van der Waals surface area contributed by atoms with Crippen LogP contribution in [0.5, 0.6) is 11.5 Å². The van der Waals surface area contributed by atoms with Gasteiger partial charge in [0, 0.05) is 24.3 Å². The Morgan fingerprint density at radius 2 is 1.58 bits per heavy atom. The number of benzene rings is 3. The smallest absolute Gasteiger partial charge is 0.265 e. The van der Waals surface area contributed by atoms with Crippen LogP contribution in [0.25, 0.3) is 0 Å². The van der Waals surface area contributed by atoms with Gasteiger partial charge in [0.05, 0.1) is 7.11 Å². The number of thiocarbonyl (C=S) groups is 1. The molecule has 0 aromatic heterocycles. The van der Waals surface area contributed by atoms with Crippen LogP contribution in [0, 0.1) is 0 Å². The zero-order valence-corrected chi connectivity index (χ0v) is 18.5. The van der Waals surface area contributed by atoms with E-state index in [4.69, 9.17) is 21.7 Å². The first kappa shape index (κ1) is 22.3. The molecule has 3 rings (SSSR count). The molecule has 1 N–H and O–H groups in total. The molecule has 0 bridgehead atoms. The molecule has 0 radical (unpaired) electrons. The number of nitrogens with one attached hydrogen (secondary N) is 1. The molecule has 0 aliphatic carbocycles. The number of carbonyl (C=O) groups excluding carboxylic acids is 1. The Labute approximate surface area is 188 Å². The van der Waals surface area contributed by atoms with Crippen LogP contribution in [0.1, 0.15) is 29.3 Å². The van der Waals surface area contributed by atoms with Crippen LogP contribution in [0.3, 0.4) is 0 Å². The van der Waals surface area contributed by atoms with E-state index in [1.54, 1.807) is 55.6 Å². The molecule has 3 aromatic carbocycles. The monoisotopic (exact) mass is 434 g/mol. The summed E-state index contributed by atoms with van der Waals surface area (Å²) in [5.74, 6) is 1.14. The van der Waals surface area contributed by atoms with Crippen LogP contribution in [-0.2, 0) is 6.54 Å². The Bertz CT molecular complexity index is 990. The van der Waals surface area contributed by atoms with E-state index >= 15 is 0 Å². The van der Waals surface area contributed by atoms with E-state index in [2.05, 4.69) is 24.4 Å². The second kappa shape index (κ2) is 11.1. The number of nitrogens with zero attached hydrogens (tertiary/aromatic N) is 1. The summed E-state index contributed by atoms with van der Waals surface area (Å²) in [5.41, 5.74) is 2.40. The highest BCUT2D eigenvalue weighted by molar-refractivity contribution is 7.80. The molecule has 3 aromatic rings. The van der Waals surface area contributed by atoms with Gasteiger partial charge in [0.2, 0.25) is 0 Å². The van der Waals surface area contributed by atoms with Crippen molar-refractivity contribution < 1.29 is 14.3 Å². The average Bonchev–Trinajstić information content (AvgIpc) is 2.80. The van der Waals surface area contributed by atoms with Crippen LogP contribution in [0.4, 0.5) is 5.69 Å². The summed E-state index contributed by atoms with van der Waals surface area (Å²) in [6.45, 7) is 3.60. The predicted octanol–water partition coefficient (Wildman–Crippen LogP) is 5.52. The number of hydrogen-bond donors (Lipinski definition) is 1. The van der Waals surface area contributed by atoms with Gasteiger partial charge < -0.3 is 19.7 Å². The van der Waals surface area contributed by atoms with Crippen molar-refractivity contribution >= 4 is 29.0 Å². The quantitative estimate of drug-likeness (QED) is 0.473. The predicted molar refractivity (Wildman–Crippen MR) is 128 cm³/mol. The van der Waals surface area contributed by atoms with Crippen LogP contribution < -0.4 is 14.8 Å². The topological polar surface area (TPSA) is 50.8 Å². The molecule has 6 heteroatoms. The SMILES string of the molecule is CCCN(Cc1ccccc1)C(=S)Oc1ccc(C(=O)Nc2ccc(OC)cc2)cc1. The van der Waals surface area contributed by atoms with Crippen molar-refractivity contribution in [3.8, 4) is 11.5 Å². The molecule has 31 heavy (non-hydrogen) atoms. The number of methoxy groups -OCH3 is 1. The summed E-state index contributed by atoms with van der Waals surface area (Å²) in [7, 11) is 1.60. The Kier molecular flexibility index (Phi) is 8.01. The lowest BCUT2D eigenvalue weighted by molar-refractivity contribution is 0.102. The molecule has 0 atom stereocenters. The van der Waals surface area contributed by atoms with E-state index in [1.165, 1.54) is 5.56 Å². The molecule has 5 nitrogen and oxygen atoms in total. The van der Waals surface area contributed by atoms with Gasteiger partial charge >= 0.3 is 0 Å². The van der Waals surface area contributed by atoms with Gasteiger partial charge in [-0.1, -0.05) is 37.3 Å². The minimum atomic E-state index is -0.198. The van der Waals surface area contributed by atoms with Crippen molar-refractivity contribution in [2.45, 2.75) is 19.9 Å². The molecular weight excluding hydrogens is 408 g/mol. The third kappa shape index (κ3) is 6.55. The maximum absolute atomic E-state index is 12.5. The number of hydrogen-bond acceptors (Lipinski definition) is 4. The van der Waals surface area contributed by atoms with E-state index in [0.29, 0.717) is 28.7 Å². The number of ether oxygens (including phenoxy) is 2. The minimum absolute atomic E-state index is 0.198. The van der Waals surface area contributed by atoms with Crippen LogP contribution in [0.2, 0.25) is 0 Å². The lowest BCUT2D eigenvalue weighted by Crippen LogP contribution is -2.33. The second-order valence-corrected chi connectivity index (χ2v) is 7.33. The van der Waals surface area contributed by atoms with Gasteiger partial charge in [-0.15, -0.1) is 0 Å². The van der Waals surface area contributed by atoms with Gasteiger partial charge in [-0.05, 0) is 72.7 Å². The largest absolute Gasteiger partial charge is 0.497 e. The summed E-state index contributed by atoms with van der Waals surface area (Å²) < 4.78 is 11.0. The Morgan fingerprint density at radius 1 is 0.935 bits per heavy atom. The van der Waals surface area contributed by atoms with Crippen molar-refractivity contribution in [2.75, 3.05) is 19.0 Å². The standard InChI is InChI=1S/C25H26N2O3S/c1-3-17-27(18-19-7-5-4-6-8-19)25(31)30-23-13-9-20(10-14-23)24(28)26-21-11-15-22(29-2)16-12-21/h4-16H,3,17-18H2,1-2H3,(H,26,28). The first-order valence-electron chi connectivity index (χ1n) is 10.1. The first-order chi connectivity index (χ1) is 15.1. The Balaban J connectivity index is 1.60. The first-order valence-corrected chi connectivity index (χ1v) is 10.6. The van der Waals surface area contributed by atoms with Gasteiger partial charge in [0.25, 0.3) is 11.1 Å². The number of carbonyl (C=O) groups is 1. The number of amides is 1. The van der Waals surface area contributed by atoms with E-state index in [-0.39, 0.29) is 5.91 Å². The maximum atomic E-state index is 12.5. The minimum Gasteiger partial charge on any atom is -0.497 e.